The molecule has 0 saturated carbocycles. The molecule has 2 aliphatic heterocycles. The number of hydrogen-bond donors (Lipinski definition) is 1. The fraction of sp³-hybridized carbons (Fsp3) is 0.444. The second kappa shape index (κ2) is 6.07. The third-order valence-corrected chi connectivity index (χ3v) is 5.10. The number of benzene rings is 1. The van der Waals surface area contributed by atoms with Crippen LogP contribution in [0, 0.1) is 19.8 Å². The Morgan fingerprint density at radius 3 is 2.80 bits per heavy atom. The molecule has 0 unspecified atom stereocenters. The minimum atomic E-state index is -0.774. The fourth-order valence-electron chi connectivity index (χ4n) is 3.70. The number of likely N-dealkylation sites (tertiary alicyclic amines) is 1. The third-order valence-electron chi connectivity index (χ3n) is 5.10. The summed E-state index contributed by atoms with van der Waals surface area (Å²) in [6.07, 6.45) is 0. The van der Waals surface area contributed by atoms with Gasteiger partial charge in [0.25, 0.3) is 0 Å². The molecular weight excluding hydrogens is 324 g/mol. The van der Waals surface area contributed by atoms with Gasteiger partial charge in [0.05, 0.1) is 11.6 Å². The van der Waals surface area contributed by atoms with Crippen LogP contribution in [0.25, 0.3) is 0 Å². The van der Waals surface area contributed by atoms with Crippen molar-refractivity contribution in [1.82, 2.24) is 10.1 Å². The van der Waals surface area contributed by atoms with Gasteiger partial charge < -0.3 is 19.1 Å². The van der Waals surface area contributed by atoms with E-state index in [1.54, 1.807) is 0 Å². The largest absolute Gasteiger partial charge is 0.481 e. The predicted molar refractivity (Wildman–Crippen MR) is 87.7 cm³/mol. The molecule has 132 valence electrons. The van der Waals surface area contributed by atoms with Crippen LogP contribution in [0.5, 0.6) is 11.5 Å². The first kappa shape index (κ1) is 16.0. The zero-order valence-electron chi connectivity index (χ0n) is 14.2. The summed E-state index contributed by atoms with van der Waals surface area (Å²) in [4.78, 5) is 13.9. The molecule has 7 heteroatoms. The highest BCUT2D eigenvalue weighted by molar-refractivity contribution is 5.72. The smallest absolute Gasteiger partial charge is 0.308 e. The van der Waals surface area contributed by atoms with E-state index in [9.17, 15) is 9.90 Å². The molecule has 7 nitrogen and oxygen atoms in total. The topological polar surface area (TPSA) is 85.0 Å². The first-order valence-electron chi connectivity index (χ1n) is 8.29. The van der Waals surface area contributed by atoms with Gasteiger partial charge in [-0.25, -0.2) is 0 Å². The number of carboxylic acid groups (broad SMARTS) is 1. The molecule has 1 fully saturated rings. The molecule has 25 heavy (non-hydrogen) atoms. The number of hydrogen-bond acceptors (Lipinski definition) is 6. The average molecular weight is 344 g/mol. The van der Waals surface area contributed by atoms with Gasteiger partial charge in [0, 0.05) is 31.1 Å². The van der Waals surface area contributed by atoms with Crippen LogP contribution in [-0.2, 0) is 11.3 Å². The van der Waals surface area contributed by atoms with Gasteiger partial charge in [0.1, 0.15) is 5.76 Å². The van der Waals surface area contributed by atoms with E-state index in [4.69, 9.17) is 14.0 Å². The van der Waals surface area contributed by atoms with Crippen LogP contribution in [0.4, 0.5) is 0 Å². The van der Waals surface area contributed by atoms with E-state index in [-0.39, 0.29) is 12.7 Å². The summed E-state index contributed by atoms with van der Waals surface area (Å²) in [5.41, 5.74) is 2.87. The quantitative estimate of drug-likeness (QED) is 0.911. The van der Waals surface area contributed by atoms with Crippen LogP contribution < -0.4 is 9.47 Å². The van der Waals surface area contributed by atoms with Crippen molar-refractivity contribution in [2.24, 2.45) is 5.92 Å². The molecule has 2 atom stereocenters. The molecule has 1 aromatic carbocycles. The fourth-order valence-corrected chi connectivity index (χ4v) is 3.70. The van der Waals surface area contributed by atoms with Crippen molar-refractivity contribution < 1.29 is 23.9 Å². The monoisotopic (exact) mass is 344 g/mol. The van der Waals surface area contributed by atoms with Crippen LogP contribution in [0.1, 0.15) is 28.5 Å². The number of fused-ring (bicyclic) bond motifs is 1. The van der Waals surface area contributed by atoms with E-state index in [2.05, 4.69) is 10.1 Å². The second-order valence-corrected chi connectivity index (χ2v) is 6.66. The van der Waals surface area contributed by atoms with Gasteiger partial charge in [-0.2, -0.15) is 0 Å². The van der Waals surface area contributed by atoms with Crippen molar-refractivity contribution >= 4 is 5.97 Å². The van der Waals surface area contributed by atoms with Crippen molar-refractivity contribution in [1.29, 1.82) is 0 Å². The Bertz CT molecular complexity index is 796. The molecule has 2 aromatic rings. The van der Waals surface area contributed by atoms with E-state index < -0.39 is 11.9 Å². The number of aryl methyl sites for hydroxylation is 2. The lowest BCUT2D eigenvalue weighted by atomic mass is 9.89. The Morgan fingerprint density at radius 2 is 2.08 bits per heavy atom. The van der Waals surface area contributed by atoms with Crippen LogP contribution in [-0.4, -0.2) is 41.0 Å². The molecule has 1 saturated heterocycles. The molecule has 0 radical (unpaired) electrons. The average Bonchev–Trinajstić information content (AvgIpc) is 3.29. The lowest BCUT2D eigenvalue weighted by Gasteiger charge is -2.16. The minimum Gasteiger partial charge on any atom is -0.481 e. The van der Waals surface area contributed by atoms with Gasteiger partial charge in [-0.05, 0) is 31.5 Å². The Labute approximate surface area is 145 Å². The lowest BCUT2D eigenvalue weighted by molar-refractivity contribution is -0.141. The first-order valence-corrected chi connectivity index (χ1v) is 8.29. The first-order chi connectivity index (χ1) is 12.0. The minimum absolute atomic E-state index is 0.0903. The highest BCUT2D eigenvalue weighted by Crippen LogP contribution is 2.39. The van der Waals surface area contributed by atoms with Crippen LogP contribution in [0.3, 0.4) is 0 Å². The summed E-state index contributed by atoms with van der Waals surface area (Å²) < 4.78 is 16.0. The lowest BCUT2D eigenvalue weighted by Crippen LogP contribution is -2.23. The number of aliphatic carboxylic acids is 1. The summed E-state index contributed by atoms with van der Waals surface area (Å²) in [5.74, 6) is 0.861. The van der Waals surface area contributed by atoms with Gasteiger partial charge in [-0.15, -0.1) is 0 Å². The Morgan fingerprint density at radius 1 is 1.28 bits per heavy atom. The van der Waals surface area contributed by atoms with Gasteiger partial charge >= 0.3 is 5.97 Å². The summed E-state index contributed by atoms with van der Waals surface area (Å²) >= 11 is 0. The molecule has 0 bridgehead atoms. The van der Waals surface area contributed by atoms with Crippen molar-refractivity contribution in [3.63, 3.8) is 0 Å². The Balaban J connectivity index is 1.58. The SMILES string of the molecule is Cc1noc(C)c1CN1C[C@H](C(=O)O)[C@@H](c2ccc3c(c2)OCO3)C1. The van der Waals surface area contributed by atoms with E-state index in [0.29, 0.717) is 31.1 Å². The van der Waals surface area contributed by atoms with Gasteiger partial charge in [0.2, 0.25) is 6.79 Å². The van der Waals surface area contributed by atoms with Crippen LogP contribution in [0.2, 0.25) is 0 Å². The standard InChI is InChI=1S/C18H20N2O5/c1-10-13(11(2)25-19-10)6-20-7-14(15(8-20)18(21)22)12-3-4-16-17(5-12)24-9-23-16/h3-5,14-15H,6-9H2,1-2H3,(H,21,22)/t14-,15+/m1/s1. The number of ether oxygens (including phenoxy) is 2. The number of carboxylic acids is 1. The van der Waals surface area contributed by atoms with E-state index >= 15 is 0 Å². The number of nitrogens with zero attached hydrogens (tertiary/aromatic N) is 2. The Hall–Kier alpha value is -2.54. The molecule has 0 aliphatic carbocycles. The number of rotatable bonds is 4. The summed E-state index contributed by atoms with van der Waals surface area (Å²) in [6, 6.07) is 5.70. The normalized spacial score (nSPS) is 22.5. The summed E-state index contributed by atoms with van der Waals surface area (Å²) in [5, 5.41) is 13.7. The number of carbonyl (C=O) groups is 1. The molecule has 2 aliphatic rings. The Kier molecular flexibility index (Phi) is 3.88. The van der Waals surface area contributed by atoms with Crippen molar-refractivity contribution in [2.75, 3.05) is 19.9 Å². The van der Waals surface area contributed by atoms with Gasteiger partial charge in [-0.1, -0.05) is 11.2 Å². The molecule has 1 aromatic heterocycles. The maximum absolute atomic E-state index is 11.8. The van der Waals surface area contributed by atoms with Crippen LogP contribution in [0.15, 0.2) is 22.7 Å². The molecule has 3 heterocycles. The van der Waals surface area contributed by atoms with Crippen molar-refractivity contribution in [3.8, 4) is 11.5 Å². The molecule has 0 spiro atoms. The van der Waals surface area contributed by atoms with Crippen LogP contribution >= 0.6 is 0 Å². The molecule has 4 rings (SSSR count). The summed E-state index contributed by atoms with van der Waals surface area (Å²) in [6.45, 7) is 5.82. The van der Waals surface area contributed by atoms with Crippen molar-refractivity contribution in [3.05, 3.63) is 40.8 Å². The highest BCUT2D eigenvalue weighted by Gasteiger charge is 2.39. The van der Waals surface area contributed by atoms with E-state index in [0.717, 1.165) is 22.6 Å². The molecular formula is C18H20N2O5. The zero-order chi connectivity index (χ0) is 17.6. The highest BCUT2D eigenvalue weighted by atomic mass is 16.7. The molecule has 0 amide bonds. The van der Waals surface area contributed by atoms with Gasteiger partial charge in [-0.3, -0.25) is 9.69 Å². The maximum Gasteiger partial charge on any atom is 0.308 e. The van der Waals surface area contributed by atoms with Crippen molar-refractivity contribution in [2.45, 2.75) is 26.3 Å². The second-order valence-electron chi connectivity index (χ2n) is 6.66. The molecule has 1 N–H and O–H groups in total. The number of aromatic nitrogens is 1. The maximum atomic E-state index is 11.8. The zero-order valence-corrected chi connectivity index (χ0v) is 14.2. The predicted octanol–water partition coefficient (Wildman–Crippen LogP) is 2.32. The summed E-state index contributed by atoms with van der Waals surface area (Å²) in [7, 11) is 0. The van der Waals surface area contributed by atoms with E-state index in [1.165, 1.54) is 0 Å². The third kappa shape index (κ3) is 2.84. The van der Waals surface area contributed by atoms with E-state index in [1.807, 2.05) is 32.0 Å². The van der Waals surface area contributed by atoms with Gasteiger partial charge in [0.15, 0.2) is 11.5 Å².